The van der Waals surface area contributed by atoms with Gasteiger partial charge in [-0.1, -0.05) is 42.5 Å². The molecule has 0 saturated carbocycles. The third kappa shape index (κ3) is 3.99. The van der Waals surface area contributed by atoms with Gasteiger partial charge in [0.05, 0.1) is 12.8 Å². The Hall–Kier alpha value is -3.22. The molecule has 5 rings (SSSR count). The molecular weight excluding hydrogens is 440 g/mol. The Morgan fingerprint density at radius 1 is 0.906 bits per heavy atom. The molecule has 0 fully saturated rings. The number of allylic oxidation sites excluding steroid dienone is 4. The number of thiophene rings is 2. The average Bonchev–Trinajstić information content (AvgIpc) is 3.34. The number of hydrogen-bond donors (Lipinski definition) is 2. The second-order valence-electron chi connectivity index (χ2n) is 7.96. The van der Waals surface area contributed by atoms with Gasteiger partial charge in [-0.05, 0) is 64.1 Å². The minimum atomic E-state index is -0.834. The molecular formula is C26H20O4S2. The van der Waals surface area contributed by atoms with Crippen molar-refractivity contribution in [2.24, 2.45) is 5.92 Å². The minimum Gasteiger partial charge on any atom is -0.481 e. The van der Waals surface area contributed by atoms with Crippen LogP contribution in [-0.4, -0.2) is 22.2 Å². The molecule has 32 heavy (non-hydrogen) atoms. The van der Waals surface area contributed by atoms with Crippen molar-refractivity contribution in [2.45, 2.75) is 19.3 Å². The normalized spacial score (nSPS) is 15.9. The van der Waals surface area contributed by atoms with Crippen LogP contribution < -0.4 is 0 Å². The summed E-state index contributed by atoms with van der Waals surface area (Å²) in [6.07, 6.45) is 6.98. The summed E-state index contributed by atoms with van der Waals surface area (Å²) < 4.78 is 2.32. The van der Waals surface area contributed by atoms with Crippen molar-refractivity contribution < 1.29 is 19.8 Å². The molecule has 0 aliphatic heterocycles. The number of carboxylic acids is 2. The molecule has 6 heteroatoms. The number of rotatable bonds is 6. The van der Waals surface area contributed by atoms with Crippen molar-refractivity contribution in [3.05, 3.63) is 77.2 Å². The summed E-state index contributed by atoms with van der Waals surface area (Å²) in [6.45, 7) is 0. The lowest BCUT2D eigenvalue weighted by atomic mass is 9.88. The van der Waals surface area contributed by atoms with E-state index < -0.39 is 11.9 Å². The van der Waals surface area contributed by atoms with Crippen LogP contribution in [0, 0.1) is 5.92 Å². The zero-order chi connectivity index (χ0) is 22.2. The Bertz CT molecular complexity index is 1370. The minimum absolute atomic E-state index is 0.00372. The van der Waals surface area contributed by atoms with Crippen LogP contribution >= 0.6 is 22.7 Å². The molecule has 2 aromatic heterocycles. The lowest BCUT2D eigenvalue weighted by molar-refractivity contribution is -0.138. The first-order valence-electron chi connectivity index (χ1n) is 10.3. The van der Waals surface area contributed by atoms with Crippen LogP contribution in [0.5, 0.6) is 0 Å². The maximum absolute atomic E-state index is 11.3. The smallest absolute Gasteiger partial charge is 0.307 e. The van der Waals surface area contributed by atoms with E-state index in [9.17, 15) is 19.8 Å². The van der Waals surface area contributed by atoms with E-state index >= 15 is 0 Å². The molecule has 0 amide bonds. The number of carboxylic acid groups (broad SMARTS) is 2. The number of benzene rings is 2. The van der Waals surface area contributed by atoms with Crippen LogP contribution in [-0.2, 0) is 16.0 Å². The van der Waals surface area contributed by atoms with E-state index in [0.717, 1.165) is 48.3 Å². The van der Waals surface area contributed by atoms with Gasteiger partial charge in [0.15, 0.2) is 0 Å². The Labute approximate surface area is 192 Å². The van der Waals surface area contributed by atoms with E-state index in [4.69, 9.17) is 0 Å². The van der Waals surface area contributed by atoms with Crippen molar-refractivity contribution in [1.82, 2.24) is 0 Å². The van der Waals surface area contributed by atoms with Crippen molar-refractivity contribution >= 4 is 60.4 Å². The van der Waals surface area contributed by atoms with Crippen molar-refractivity contribution in [3.63, 3.8) is 0 Å². The first-order valence-corrected chi connectivity index (χ1v) is 12.0. The molecule has 1 aliphatic carbocycles. The maximum Gasteiger partial charge on any atom is 0.307 e. The van der Waals surface area contributed by atoms with Crippen molar-refractivity contribution in [2.75, 3.05) is 0 Å². The van der Waals surface area contributed by atoms with Crippen molar-refractivity contribution in [1.29, 1.82) is 0 Å². The van der Waals surface area contributed by atoms with Gasteiger partial charge >= 0.3 is 11.9 Å². The predicted molar refractivity (Wildman–Crippen MR) is 131 cm³/mol. The van der Waals surface area contributed by atoms with Crippen molar-refractivity contribution in [3.8, 4) is 10.4 Å². The lowest BCUT2D eigenvalue weighted by Crippen LogP contribution is -2.10. The van der Waals surface area contributed by atoms with Gasteiger partial charge < -0.3 is 10.2 Å². The van der Waals surface area contributed by atoms with Crippen LogP contribution in [0.1, 0.15) is 23.3 Å². The molecule has 0 saturated heterocycles. The van der Waals surface area contributed by atoms with Crippen LogP contribution in [0.15, 0.2) is 66.8 Å². The Morgan fingerprint density at radius 2 is 1.59 bits per heavy atom. The zero-order valence-electron chi connectivity index (χ0n) is 17.1. The highest BCUT2D eigenvalue weighted by Gasteiger charge is 2.22. The molecule has 160 valence electrons. The first kappa shape index (κ1) is 20.7. The standard InChI is InChI=1S/C26H20O4S2/c27-25(28)13-15-5-1-3-7-19(15)23-11-17-9-22-18(10-21(17)31-23)12-24(32-22)20-8-4-2-6-16(20)14-26(29)30/h1-5,7-12,16H,6,13-14H2,(H,27,28)(H,29,30). The van der Waals surface area contributed by atoms with E-state index in [2.05, 4.69) is 24.3 Å². The molecule has 0 spiro atoms. The van der Waals surface area contributed by atoms with E-state index in [0.29, 0.717) is 0 Å². The fourth-order valence-corrected chi connectivity index (χ4v) is 6.64. The summed E-state index contributed by atoms with van der Waals surface area (Å²) in [5.74, 6) is -1.60. The van der Waals surface area contributed by atoms with E-state index in [1.807, 2.05) is 42.5 Å². The number of carbonyl (C=O) groups is 2. The quantitative estimate of drug-likeness (QED) is 0.330. The number of fused-ring (bicyclic) bond motifs is 2. The van der Waals surface area contributed by atoms with Gasteiger partial charge in [0.2, 0.25) is 0 Å². The monoisotopic (exact) mass is 460 g/mol. The Balaban J connectivity index is 1.54. The van der Waals surface area contributed by atoms with Gasteiger partial charge in [0.1, 0.15) is 0 Å². The van der Waals surface area contributed by atoms with E-state index in [-0.39, 0.29) is 18.8 Å². The first-order chi connectivity index (χ1) is 15.5. The average molecular weight is 461 g/mol. The Kier molecular flexibility index (Phi) is 5.41. The summed E-state index contributed by atoms with van der Waals surface area (Å²) >= 11 is 3.37. The van der Waals surface area contributed by atoms with Gasteiger partial charge in [0, 0.05) is 19.2 Å². The second kappa shape index (κ2) is 8.37. The third-order valence-electron chi connectivity index (χ3n) is 5.76. The Morgan fingerprint density at radius 3 is 2.31 bits per heavy atom. The molecule has 2 aromatic carbocycles. The summed E-state index contributed by atoms with van der Waals surface area (Å²) in [5, 5.41) is 20.8. The van der Waals surface area contributed by atoms with Crippen LogP contribution in [0.2, 0.25) is 0 Å². The fourth-order valence-electron chi connectivity index (χ4n) is 4.29. The lowest BCUT2D eigenvalue weighted by Gasteiger charge is -2.18. The molecule has 4 aromatic rings. The summed E-state index contributed by atoms with van der Waals surface area (Å²) in [5.41, 5.74) is 2.89. The summed E-state index contributed by atoms with van der Waals surface area (Å²) in [7, 11) is 0. The summed E-state index contributed by atoms with van der Waals surface area (Å²) in [4.78, 5) is 24.7. The van der Waals surface area contributed by atoms with Crippen LogP contribution in [0.3, 0.4) is 0 Å². The van der Waals surface area contributed by atoms with Gasteiger partial charge in [-0.25, -0.2) is 0 Å². The maximum atomic E-state index is 11.3. The van der Waals surface area contributed by atoms with E-state index in [1.54, 1.807) is 22.7 Å². The fraction of sp³-hybridized carbons (Fsp3) is 0.154. The van der Waals surface area contributed by atoms with E-state index in [1.165, 1.54) is 4.70 Å². The molecule has 2 N–H and O–H groups in total. The van der Waals surface area contributed by atoms with Crippen LogP contribution in [0.4, 0.5) is 0 Å². The molecule has 4 nitrogen and oxygen atoms in total. The summed E-state index contributed by atoms with van der Waals surface area (Å²) in [6, 6.07) is 16.3. The highest BCUT2D eigenvalue weighted by Crippen LogP contribution is 2.42. The molecule has 2 heterocycles. The zero-order valence-corrected chi connectivity index (χ0v) is 18.7. The van der Waals surface area contributed by atoms with Gasteiger partial charge in [-0.2, -0.15) is 0 Å². The largest absolute Gasteiger partial charge is 0.481 e. The predicted octanol–water partition coefficient (Wildman–Crippen LogP) is 6.84. The highest BCUT2D eigenvalue weighted by atomic mass is 32.1. The van der Waals surface area contributed by atoms with Gasteiger partial charge in [0.25, 0.3) is 0 Å². The molecule has 0 bridgehead atoms. The SMILES string of the molecule is O=C(O)Cc1ccccc1-c1cc2cc3sc(C4=CC=CCC4CC(=O)O)cc3cc2s1. The molecule has 1 atom stereocenters. The second-order valence-corrected chi connectivity index (χ2v) is 10.1. The molecule has 1 unspecified atom stereocenters. The highest BCUT2D eigenvalue weighted by molar-refractivity contribution is 7.23. The number of hydrogen-bond acceptors (Lipinski definition) is 4. The topological polar surface area (TPSA) is 74.6 Å². The van der Waals surface area contributed by atoms with Crippen LogP contribution in [0.25, 0.3) is 36.2 Å². The van der Waals surface area contributed by atoms with Gasteiger partial charge in [-0.3, -0.25) is 9.59 Å². The molecule has 0 radical (unpaired) electrons. The van der Waals surface area contributed by atoms with Gasteiger partial charge in [-0.15, -0.1) is 22.7 Å². The molecule has 1 aliphatic rings. The third-order valence-corrected chi connectivity index (χ3v) is 8.04. The number of aliphatic carboxylic acids is 2.